The summed E-state index contributed by atoms with van der Waals surface area (Å²) in [6, 6.07) is 16.7. The quantitative estimate of drug-likeness (QED) is 0.238. The van der Waals surface area contributed by atoms with Crippen molar-refractivity contribution < 1.29 is 14.3 Å². The molecule has 2 amide bonds. The monoisotopic (exact) mass is 582 g/mol. The molecule has 0 radical (unpaired) electrons. The third-order valence-electron chi connectivity index (χ3n) is 4.72. The molecule has 1 saturated heterocycles. The lowest BCUT2D eigenvalue weighted by Crippen LogP contribution is -2.27. The number of amides is 2. The van der Waals surface area contributed by atoms with Gasteiger partial charge in [0.25, 0.3) is 11.8 Å². The van der Waals surface area contributed by atoms with Crippen molar-refractivity contribution >= 4 is 104 Å². The van der Waals surface area contributed by atoms with Crippen molar-refractivity contribution in [2.24, 2.45) is 0 Å². The van der Waals surface area contributed by atoms with Crippen LogP contribution in [0.4, 0.5) is 11.4 Å². The van der Waals surface area contributed by atoms with Crippen LogP contribution < -0.4 is 15.0 Å². The maximum atomic E-state index is 13.0. The minimum atomic E-state index is -0.385. The van der Waals surface area contributed by atoms with E-state index < -0.39 is 0 Å². The molecular weight excluding hydrogens is 570 g/mol. The normalized spacial score (nSPS) is 14.5. The van der Waals surface area contributed by atoms with Crippen LogP contribution in [0.3, 0.4) is 0 Å². The van der Waals surface area contributed by atoms with Crippen LogP contribution in [0.15, 0.2) is 65.6 Å². The van der Waals surface area contributed by atoms with E-state index in [1.165, 1.54) is 4.90 Å². The lowest BCUT2D eigenvalue weighted by molar-refractivity contribution is -0.118. The first kappa shape index (κ1) is 25.8. The van der Waals surface area contributed by atoms with Gasteiger partial charge in [0.05, 0.1) is 36.4 Å². The number of carbonyl (C=O) groups excluding carboxylic acids is 2. The highest BCUT2D eigenvalue weighted by Crippen LogP contribution is 2.38. The zero-order valence-electron chi connectivity index (χ0n) is 17.6. The number of thioether (sulfide) groups is 1. The average molecular weight is 584 g/mol. The standard InChI is InChI=1S/C24H14Cl4N2O3S2/c25-15-7-6-14(11-17(15)27)30-23(32)21(35-24(30)34)10-13-5-8-20(18(28)9-13)33-12-22(31)29-19-4-2-1-3-16(19)26/h1-11H,12H2,(H,29,31)/b21-10-. The molecule has 11 heteroatoms. The summed E-state index contributed by atoms with van der Waals surface area (Å²) in [6.07, 6.45) is 1.68. The number of para-hydroxylation sites is 1. The average Bonchev–Trinajstić information content (AvgIpc) is 3.09. The van der Waals surface area contributed by atoms with Crippen LogP contribution in [0.2, 0.25) is 20.1 Å². The Morgan fingerprint density at radius 3 is 2.46 bits per heavy atom. The Kier molecular flexibility index (Phi) is 8.27. The summed E-state index contributed by atoms with van der Waals surface area (Å²) in [7, 11) is 0. The highest BCUT2D eigenvalue weighted by Gasteiger charge is 2.33. The van der Waals surface area contributed by atoms with Gasteiger partial charge in [0.1, 0.15) is 5.75 Å². The molecule has 0 saturated carbocycles. The van der Waals surface area contributed by atoms with Gasteiger partial charge in [-0.25, -0.2) is 0 Å². The van der Waals surface area contributed by atoms with Gasteiger partial charge in [0.2, 0.25) is 0 Å². The largest absolute Gasteiger partial charge is 0.482 e. The highest BCUT2D eigenvalue weighted by atomic mass is 35.5. The number of hydrogen-bond donors (Lipinski definition) is 1. The minimum Gasteiger partial charge on any atom is -0.482 e. The van der Waals surface area contributed by atoms with Gasteiger partial charge in [-0.05, 0) is 54.1 Å². The Balaban J connectivity index is 1.43. The summed E-state index contributed by atoms with van der Waals surface area (Å²) >= 11 is 31.0. The van der Waals surface area contributed by atoms with E-state index in [0.29, 0.717) is 47.0 Å². The number of ether oxygens (including phenoxy) is 1. The lowest BCUT2D eigenvalue weighted by atomic mass is 10.2. The minimum absolute atomic E-state index is 0.257. The third kappa shape index (κ3) is 6.12. The Morgan fingerprint density at radius 1 is 0.971 bits per heavy atom. The molecule has 3 aromatic carbocycles. The fourth-order valence-electron chi connectivity index (χ4n) is 3.08. The Morgan fingerprint density at radius 2 is 1.74 bits per heavy atom. The summed E-state index contributed by atoms with van der Waals surface area (Å²) in [6.45, 7) is -0.257. The zero-order valence-corrected chi connectivity index (χ0v) is 22.2. The number of anilines is 2. The van der Waals surface area contributed by atoms with Crippen molar-refractivity contribution in [3.8, 4) is 5.75 Å². The molecule has 0 aliphatic carbocycles. The summed E-state index contributed by atoms with van der Waals surface area (Å²) < 4.78 is 5.91. The summed E-state index contributed by atoms with van der Waals surface area (Å²) in [5.74, 6) is -0.350. The van der Waals surface area contributed by atoms with E-state index in [2.05, 4.69) is 5.32 Å². The zero-order chi connectivity index (χ0) is 25.1. The third-order valence-corrected chi connectivity index (χ3v) is 7.38. The first-order chi connectivity index (χ1) is 16.7. The molecular formula is C24H14Cl4N2O3S2. The Bertz CT molecular complexity index is 1380. The second kappa shape index (κ2) is 11.2. The van der Waals surface area contributed by atoms with Gasteiger partial charge < -0.3 is 10.1 Å². The molecule has 0 atom stereocenters. The van der Waals surface area contributed by atoms with Crippen LogP contribution in [0.25, 0.3) is 6.08 Å². The number of thiocarbonyl (C=S) groups is 1. The molecule has 1 heterocycles. The van der Waals surface area contributed by atoms with E-state index in [4.69, 9.17) is 63.4 Å². The van der Waals surface area contributed by atoms with Crippen molar-refractivity contribution in [1.82, 2.24) is 0 Å². The van der Waals surface area contributed by atoms with Crippen LogP contribution in [0.1, 0.15) is 5.56 Å². The van der Waals surface area contributed by atoms with E-state index in [1.807, 2.05) is 0 Å². The maximum Gasteiger partial charge on any atom is 0.270 e. The maximum absolute atomic E-state index is 13.0. The molecule has 1 fully saturated rings. The second-order valence-electron chi connectivity index (χ2n) is 7.12. The molecule has 35 heavy (non-hydrogen) atoms. The molecule has 4 rings (SSSR count). The summed E-state index contributed by atoms with van der Waals surface area (Å²) in [5.41, 5.74) is 1.68. The number of carbonyl (C=O) groups is 2. The number of nitrogens with one attached hydrogen (secondary N) is 1. The van der Waals surface area contributed by atoms with Crippen LogP contribution in [0.5, 0.6) is 5.75 Å². The summed E-state index contributed by atoms with van der Waals surface area (Å²) in [4.78, 5) is 27.0. The topological polar surface area (TPSA) is 58.6 Å². The number of rotatable bonds is 6. The van der Waals surface area contributed by atoms with Gasteiger partial charge in [0, 0.05) is 0 Å². The molecule has 3 aromatic rings. The number of hydrogen-bond acceptors (Lipinski definition) is 5. The predicted octanol–water partition coefficient (Wildman–Crippen LogP) is 7.72. The van der Waals surface area contributed by atoms with Crippen molar-refractivity contribution in [3.05, 3.63) is 91.2 Å². The first-order valence-corrected chi connectivity index (χ1v) is 12.7. The first-order valence-electron chi connectivity index (χ1n) is 9.92. The van der Waals surface area contributed by atoms with Gasteiger partial charge >= 0.3 is 0 Å². The van der Waals surface area contributed by atoms with Crippen molar-refractivity contribution in [3.63, 3.8) is 0 Å². The molecule has 0 unspecified atom stereocenters. The summed E-state index contributed by atoms with van der Waals surface area (Å²) in [5, 5.41) is 4.09. The fourth-order valence-corrected chi connectivity index (χ4v) is 5.10. The number of benzene rings is 3. The van der Waals surface area contributed by atoms with Crippen molar-refractivity contribution in [1.29, 1.82) is 0 Å². The number of nitrogens with zero attached hydrogens (tertiary/aromatic N) is 1. The van der Waals surface area contributed by atoms with Crippen LogP contribution in [-0.2, 0) is 9.59 Å². The smallest absolute Gasteiger partial charge is 0.270 e. The molecule has 1 aliphatic rings. The van der Waals surface area contributed by atoms with Crippen LogP contribution in [0, 0.1) is 0 Å². The van der Waals surface area contributed by atoms with E-state index in [0.717, 1.165) is 11.8 Å². The molecule has 1 N–H and O–H groups in total. The van der Waals surface area contributed by atoms with Gasteiger partial charge in [-0.3, -0.25) is 14.5 Å². The molecule has 5 nitrogen and oxygen atoms in total. The van der Waals surface area contributed by atoms with E-state index in [1.54, 1.807) is 66.7 Å². The van der Waals surface area contributed by atoms with E-state index >= 15 is 0 Å². The second-order valence-corrected chi connectivity index (χ2v) is 10.4. The van der Waals surface area contributed by atoms with Crippen LogP contribution >= 0.6 is 70.4 Å². The number of halogens is 4. The van der Waals surface area contributed by atoms with Crippen molar-refractivity contribution in [2.45, 2.75) is 0 Å². The van der Waals surface area contributed by atoms with Gasteiger partial charge in [-0.2, -0.15) is 0 Å². The van der Waals surface area contributed by atoms with Gasteiger partial charge in [0.15, 0.2) is 10.9 Å². The van der Waals surface area contributed by atoms with Gasteiger partial charge in [-0.1, -0.05) is 88.6 Å². The molecule has 1 aliphatic heterocycles. The molecule has 0 aromatic heterocycles. The molecule has 0 bridgehead atoms. The molecule has 178 valence electrons. The highest BCUT2D eigenvalue weighted by molar-refractivity contribution is 8.27. The Labute approximate surface area is 230 Å². The van der Waals surface area contributed by atoms with E-state index in [-0.39, 0.29) is 23.4 Å². The van der Waals surface area contributed by atoms with Gasteiger partial charge in [-0.15, -0.1) is 0 Å². The van der Waals surface area contributed by atoms with Crippen molar-refractivity contribution in [2.75, 3.05) is 16.8 Å². The molecule has 0 spiro atoms. The fraction of sp³-hybridized carbons (Fsp3) is 0.0417. The SMILES string of the molecule is O=C(COc1ccc(/C=C2\SC(=S)N(c3ccc(Cl)c(Cl)c3)C2=O)cc1Cl)Nc1ccccc1Cl. The van der Waals surface area contributed by atoms with Crippen LogP contribution in [-0.4, -0.2) is 22.7 Å². The van der Waals surface area contributed by atoms with E-state index in [9.17, 15) is 9.59 Å². The Hall–Kier alpha value is -2.26. The lowest BCUT2D eigenvalue weighted by Gasteiger charge is -2.15. The predicted molar refractivity (Wildman–Crippen MR) is 149 cm³/mol.